The molecule has 2 aromatic carbocycles. The number of aromatic amines is 1. The number of hydrogen-bond donors (Lipinski definition) is 5. The number of aliphatic hydroxyl groups is 1. The second-order valence-corrected chi connectivity index (χ2v) is 9.38. The minimum Gasteiger partial charge on any atom is -0.506 e. The molecular formula is C22H29N3O4S2. The third-order valence-corrected chi connectivity index (χ3v) is 6.81. The van der Waals surface area contributed by atoms with Gasteiger partial charge in [0.15, 0.2) is 0 Å². The van der Waals surface area contributed by atoms with Crippen LogP contribution in [0.15, 0.2) is 47.3 Å². The van der Waals surface area contributed by atoms with Crippen molar-refractivity contribution in [3.8, 4) is 5.75 Å². The van der Waals surface area contributed by atoms with E-state index in [1.54, 1.807) is 6.07 Å². The van der Waals surface area contributed by atoms with Crippen LogP contribution >= 0.6 is 23.1 Å². The lowest BCUT2D eigenvalue weighted by atomic mass is 10.1. The van der Waals surface area contributed by atoms with Crippen molar-refractivity contribution in [2.75, 3.05) is 37.8 Å². The normalized spacial score (nSPS) is 13.5. The maximum Gasteiger partial charge on any atom is 0.305 e. The number of H-pyrrole nitrogens is 1. The molecule has 0 saturated carbocycles. The number of hydrogen-bond acceptors (Lipinski definition) is 8. The molecule has 0 bridgehead atoms. The summed E-state index contributed by atoms with van der Waals surface area (Å²) in [6.07, 6.45) is 0.217. The molecule has 0 unspecified atom stereocenters. The first-order valence-corrected chi connectivity index (χ1v) is 12.2. The fourth-order valence-corrected chi connectivity index (χ4v) is 4.90. The van der Waals surface area contributed by atoms with Crippen LogP contribution in [0.4, 0.5) is 0 Å². The molecule has 168 valence electrons. The SMILES string of the molecule is N[C@@H](COCCCSCCNC[C@H](O)c1ccc(O)c2[nH]c(=O)sc12)c1ccccc1. The summed E-state index contributed by atoms with van der Waals surface area (Å²) in [5, 5.41) is 23.5. The van der Waals surface area contributed by atoms with Crippen LogP contribution in [-0.4, -0.2) is 53.0 Å². The molecule has 2 atom stereocenters. The van der Waals surface area contributed by atoms with E-state index in [1.807, 2.05) is 42.1 Å². The van der Waals surface area contributed by atoms with Crippen LogP contribution in [0, 0.1) is 0 Å². The van der Waals surface area contributed by atoms with Gasteiger partial charge in [-0.2, -0.15) is 11.8 Å². The lowest BCUT2D eigenvalue weighted by Gasteiger charge is -2.13. The molecule has 0 aliphatic rings. The molecule has 0 spiro atoms. The van der Waals surface area contributed by atoms with E-state index in [0.29, 0.717) is 35.5 Å². The molecule has 3 aromatic rings. The van der Waals surface area contributed by atoms with E-state index in [9.17, 15) is 15.0 Å². The molecule has 9 heteroatoms. The van der Waals surface area contributed by atoms with Crippen molar-refractivity contribution in [1.82, 2.24) is 10.3 Å². The van der Waals surface area contributed by atoms with Crippen molar-refractivity contribution in [3.63, 3.8) is 0 Å². The van der Waals surface area contributed by atoms with Crippen LogP contribution in [0.1, 0.15) is 29.7 Å². The van der Waals surface area contributed by atoms with Crippen LogP contribution < -0.4 is 15.9 Å². The van der Waals surface area contributed by atoms with Gasteiger partial charge in [0, 0.05) is 31.0 Å². The Kier molecular flexibility index (Phi) is 9.38. The maximum atomic E-state index is 11.6. The predicted octanol–water partition coefficient (Wildman–Crippen LogP) is 2.76. The van der Waals surface area contributed by atoms with E-state index < -0.39 is 6.10 Å². The number of phenols is 1. The fraction of sp³-hybridized carbons (Fsp3) is 0.409. The first kappa shape index (κ1) is 23.8. The average molecular weight is 464 g/mol. The molecular weight excluding hydrogens is 434 g/mol. The molecule has 7 nitrogen and oxygen atoms in total. The van der Waals surface area contributed by atoms with Crippen LogP contribution in [-0.2, 0) is 4.74 Å². The summed E-state index contributed by atoms with van der Waals surface area (Å²) in [4.78, 5) is 13.9. The van der Waals surface area contributed by atoms with E-state index in [0.717, 1.165) is 41.4 Å². The highest BCUT2D eigenvalue weighted by molar-refractivity contribution is 7.99. The van der Waals surface area contributed by atoms with E-state index in [4.69, 9.17) is 10.5 Å². The van der Waals surface area contributed by atoms with Gasteiger partial charge >= 0.3 is 4.87 Å². The molecule has 3 rings (SSSR count). The number of nitrogens with two attached hydrogens (primary N) is 1. The van der Waals surface area contributed by atoms with Gasteiger partial charge in [0.25, 0.3) is 0 Å². The van der Waals surface area contributed by atoms with Crippen LogP contribution in [0.2, 0.25) is 0 Å². The Labute approximate surface area is 189 Å². The maximum absolute atomic E-state index is 11.6. The first-order valence-electron chi connectivity index (χ1n) is 10.3. The van der Waals surface area contributed by atoms with Gasteiger partial charge in [-0.3, -0.25) is 4.79 Å². The fourth-order valence-electron chi connectivity index (χ4n) is 3.17. The number of aliphatic hydroxyl groups excluding tert-OH is 1. The second kappa shape index (κ2) is 12.2. The van der Waals surface area contributed by atoms with Gasteiger partial charge in [-0.15, -0.1) is 0 Å². The summed E-state index contributed by atoms with van der Waals surface area (Å²) in [7, 11) is 0. The quantitative estimate of drug-likeness (QED) is 0.247. The Morgan fingerprint density at radius 2 is 2.00 bits per heavy atom. The Bertz CT molecular complexity index is 993. The number of thioether (sulfide) groups is 1. The van der Waals surface area contributed by atoms with Gasteiger partial charge in [0.05, 0.1) is 23.5 Å². The molecule has 1 heterocycles. The molecule has 0 amide bonds. The minimum absolute atomic E-state index is 0.0136. The second-order valence-electron chi connectivity index (χ2n) is 7.17. The van der Waals surface area contributed by atoms with Gasteiger partial charge in [-0.05, 0) is 23.8 Å². The predicted molar refractivity (Wildman–Crippen MR) is 128 cm³/mol. The first-order chi connectivity index (χ1) is 15.1. The van der Waals surface area contributed by atoms with Crippen molar-refractivity contribution in [2.45, 2.75) is 18.6 Å². The van der Waals surface area contributed by atoms with E-state index >= 15 is 0 Å². The third kappa shape index (κ3) is 7.06. The lowest BCUT2D eigenvalue weighted by Crippen LogP contribution is -2.24. The highest BCUT2D eigenvalue weighted by atomic mass is 32.2. The Balaban J connectivity index is 1.25. The Morgan fingerprint density at radius 3 is 2.81 bits per heavy atom. The zero-order valence-electron chi connectivity index (χ0n) is 17.3. The number of benzene rings is 2. The molecule has 31 heavy (non-hydrogen) atoms. The zero-order chi connectivity index (χ0) is 22.1. The number of rotatable bonds is 13. The number of aromatic nitrogens is 1. The molecule has 1 aromatic heterocycles. The summed E-state index contributed by atoms with van der Waals surface area (Å²) in [6.45, 7) is 2.36. The van der Waals surface area contributed by atoms with Gasteiger partial charge in [-0.25, -0.2) is 0 Å². The van der Waals surface area contributed by atoms with Gasteiger partial charge < -0.3 is 31.0 Å². The van der Waals surface area contributed by atoms with Gasteiger partial charge in [0.1, 0.15) is 11.3 Å². The number of thiazole rings is 1. The van der Waals surface area contributed by atoms with Gasteiger partial charge in [0.2, 0.25) is 0 Å². The number of ether oxygens (including phenoxy) is 1. The molecule has 0 radical (unpaired) electrons. The Morgan fingerprint density at radius 1 is 1.19 bits per heavy atom. The van der Waals surface area contributed by atoms with Crippen molar-refractivity contribution in [2.24, 2.45) is 5.73 Å². The monoisotopic (exact) mass is 463 g/mol. The largest absolute Gasteiger partial charge is 0.506 e. The topological polar surface area (TPSA) is 121 Å². The van der Waals surface area contributed by atoms with Gasteiger partial charge in [-0.1, -0.05) is 47.7 Å². The van der Waals surface area contributed by atoms with Crippen molar-refractivity contribution in [3.05, 3.63) is 63.3 Å². The average Bonchev–Trinajstić information content (AvgIpc) is 3.17. The minimum atomic E-state index is -0.748. The standard InChI is InChI=1S/C22H29N3O4S2/c23-17(15-5-2-1-3-6-15)14-29-10-4-11-30-12-9-24-13-19(27)16-7-8-18(26)20-21(16)31-22(28)25-20/h1-3,5-8,17,19,24,26-27H,4,9-14,23H2,(H,25,28)/t17-,19-/m0/s1. The van der Waals surface area contributed by atoms with E-state index in [1.165, 1.54) is 6.07 Å². The van der Waals surface area contributed by atoms with Crippen molar-refractivity contribution in [1.29, 1.82) is 0 Å². The summed E-state index contributed by atoms with van der Waals surface area (Å²) in [6, 6.07) is 13.0. The molecule has 0 aliphatic heterocycles. The molecule has 0 fully saturated rings. The Hall–Kier alpha value is -1.88. The number of phenolic OH excluding ortho intramolecular Hbond substituents is 1. The van der Waals surface area contributed by atoms with E-state index in [2.05, 4.69) is 10.3 Å². The summed E-state index contributed by atoms with van der Waals surface area (Å²) < 4.78 is 6.27. The highest BCUT2D eigenvalue weighted by Gasteiger charge is 2.15. The summed E-state index contributed by atoms with van der Waals surface area (Å²) >= 11 is 2.83. The third-order valence-electron chi connectivity index (χ3n) is 4.81. The molecule has 0 aliphatic carbocycles. The van der Waals surface area contributed by atoms with Crippen molar-refractivity contribution >= 4 is 33.3 Å². The highest BCUT2D eigenvalue weighted by Crippen LogP contribution is 2.31. The van der Waals surface area contributed by atoms with Crippen LogP contribution in [0.25, 0.3) is 10.2 Å². The molecule has 6 N–H and O–H groups in total. The van der Waals surface area contributed by atoms with E-state index in [-0.39, 0.29) is 16.7 Å². The number of aromatic hydroxyl groups is 1. The summed E-state index contributed by atoms with van der Waals surface area (Å²) in [5.74, 6) is 1.94. The number of fused-ring (bicyclic) bond motifs is 1. The lowest BCUT2D eigenvalue weighted by molar-refractivity contribution is 0.122. The molecule has 0 saturated heterocycles. The number of nitrogens with one attached hydrogen (secondary N) is 2. The van der Waals surface area contributed by atoms with Crippen molar-refractivity contribution < 1.29 is 14.9 Å². The summed E-state index contributed by atoms with van der Waals surface area (Å²) in [5.41, 5.74) is 8.22. The zero-order valence-corrected chi connectivity index (χ0v) is 18.9. The van der Waals surface area contributed by atoms with Crippen LogP contribution in [0.5, 0.6) is 5.75 Å². The van der Waals surface area contributed by atoms with Crippen LogP contribution in [0.3, 0.4) is 0 Å². The smallest absolute Gasteiger partial charge is 0.305 e.